The summed E-state index contributed by atoms with van der Waals surface area (Å²) in [5.41, 5.74) is 1.39. The molecule has 1 N–H and O–H groups in total. The molecule has 1 aliphatic rings. The van der Waals surface area contributed by atoms with Crippen molar-refractivity contribution in [2.45, 2.75) is 19.8 Å². The van der Waals surface area contributed by atoms with Crippen LogP contribution < -0.4 is 0 Å². The molecule has 0 saturated carbocycles. The molecular weight excluding hydrogens is 290 g/mol. The van der Waals surface area contributed by atoms with E-state index in [2.05, 4.69) is 0 Å². The Morgan fingerprint density at radius 1 is 1.52 bits per heavy atom. The maximum atomic E-state index is 12.7. The third-order valence-corrected chi connectivity index (χ3v) is 4.47. The van der Waals surface area contributed by atoms with Crippen molar-refractivity contribution in [2.24, 2.45) is 5.92 Å². The first-order valence-corrected chi connectivity index (χ1v) is 7.57. The van der Waals surface area contributed by atoms with E-state index in [-0.39, 0.29) is 18.4 Å². The number of fused-ring (bicyclic) bond motifs is 1. The molecule has 5 heteroatoms. The van der Waals surface area contributed by atoms with Crippen molar-refractivity contribution in [1.29, 1.82) is 0 Å². The molecule has 1 atom stereocenters. The van der Waals surface area contributed by atoms with Crippen LogP contribution in [0.2, 0.25) is 5.02 Å². The largest absolute Gasteiger partial charge is 0.449 e. The van der Waals surface area contributed by atoms with Gasteiger partial charge in [-0.1, -0.05) is 23.7 Å². The number of furan rings is 1. The predicted molar refractivity (Wildman–Crippen MR) is 81.7 cm³/mol. The zero-order chi connectivity index (χ0) is 15.0. The summed E-state index contributed by atoms with van der Waals surface area (Å²) in [6, 6.07) is 5.51. The minimum atomic E-state index is -0.113. The average molecular weight is 308 g/mol. The number of rotatable bonds is 2. The molecule has 0 aliphatic carbocycles. The first-order chi connectivity index (χ1) is 10.1. The van der Waals surface area contributed by atoms with Gasteiger partial charge in [-0.3, -0.25) is 4.79 Å². The Morgan fingerprint density at radius 3 is 3.05 bits per heavy atom. The lowest BCUT2D eigenvalue weighted by Gasteiger charge is -2.31. The average Bonchev–Trinajstić information content (AvgIpc) is 2.85. The highest BCUT2D eigenvalue weighted by atomic mass is 35.5. The molecule has 0 bridgehead atoms. The second-order valence-corrected chi connectivity index (χ2v) is 6.02. The Hall–Kier alpha value is -1.52. The number of aliphatic hydroxyl groups is 1. The SMILES string of the molecule is Cc1c(C(=O)N2CCCC(CO)C2)oc2c(Cl)cccc12. The summed E-state index contributed by atoms with van der Waals surface area (Å²) in [7, 11) is 0. The van der Waals surface area contributed by atoms with E-state index in [0.717, 1.165) is 23.8 Å². The highest BCUT2D eigenvalue weighted by Gasteiger charge is 2.28. The number of aryl methyl sites for hydroxylation is 1. The van der Waals surface area contributed by atoms with Crippen LogP contribution in [-0.2, 0) is 0 Å². The van der Waals surface area contributed by atoms with Crippen LogP contribution in [0.4, 0.5) is 0 Å². The fraction of sp³-hybridized carbons (Fsp3) is 0.438. The van der Waals surface area contributed by atoms with E-state index in [4.69, 9.17) is 16.0 Å². The van der Waals surface area contributed by atoms with Crippen molar-refractivity contribution in [3.63, 3.8) is 0 Å². The van der Waals surface area contributed by atoms with E-state index < -0.39 is 0 Å². The first-order valence-electron chi connectivity index (χ1n) is 7.19. The molecule has 21 heavy (non-hydrogen) atoms. The lowest BCUT2D eigenvalue weighted by Crippen LogP contribution is -2.41. The standard InChI is InChI=1S/C16H18ClNO3/c1-10-12-5-2-6-13(17)15(12)21-14(10)16(20)18-7-3-4-11(8-18)9-19/h2,5-6,11,19H,3-4,7-9H2,1H3. The molecule has 2 aromatic rings. The van der Waals surface area contributed by atoms with Gasteiger partial charge in [0.25, 0.3) is 5.91 Å². The molecule has 112 valence electrons. The van der Waals surface area contributed by atoms with E-state index in [0.29, 0.717) is 29.5 Å². The summed E-state index contributed by atoms with van der Waals surface area (Å²) >= 11 is 6.13. The van der Waals surface area contributed by atoms with Crippen LogP contribution in [0, 0.1) is 12.8 Å². The van der Waals surface area contributed by atoms with Crippen molar-refractivity contribution in [1.82, 2.24) is 4.90 Å². The second kappa shape index (κ2) is 5.70. The summed E-state index contributed by atoms with van der Waals surface area (Å²) in [5.74, 6) is 0.408. The van der Waals surface area contributed by atoms with Crippen molar-refractivity contribution in [2.75, 3.05) is 19.7 Å². The van der Waals surface area contributed by atoms with Crippen molar-refractivity contribution in [3.05, 3.63) is 34.5 Å². The van der Waals surface area contributed by atoms with Gasteiger partial charge in [-0.05, 0) is 31.7 Å². The summed E-state index contributed by atoms with van der Waals surface area (Å²) in [6.07, 6.45) is 1.88. The van der Waals surface area contributed by atoms with Gasteiger partial charge in [0.1, 0.15) is 0 Å². The summed E-state index contributed by atoms with van der Waals surface area (Å²) in [4.78, 5) is 14.4. The second-order valence-electron chi connectivity index (χ2n) is 5.61. The van der Waals surface area contributed by atoms with Gasteiger partial charge < -0.3 is 14.4 Å². The molecule has 0 spiro atoms. The van der Waals surface area contributed by atoms with Gasteiger partial charge in [-0.15, -0.1) is 0 Å². The lowest BCUT2D eigenvalue weighted by molar-refractivity contribution is 0.0591. The van der Waals surface area contributed by atoms with Crippen LogP contribution >= 0.6 is 11.6 Å². The Labute approximate surface area is 128 Å². The number of para-hydroxylation sites is 1. The number of carbonyl (C=O) groups is 1. The molecule has 1 amide bonds. The molecule has 1 saturated heterocycles. The van der Waals surface area contributed by atoms with Crippen molar-refractivity contribution >= 4 is 28.5 Å². The number of piperidine rings is 1. The Kier molecular flexibility index (Phi) is 3.91. The van der Waals surface area contributed by atoms with Gasteiger partial charge in [-0.2, -0.15) is 0 Å². The van der Waals surface area contributed by atoms with Crippen LogP contribution in [0.25, 0.3) is 11.0 Å². The van der Waals surface area contributed by atoms with E-state index >= 15 is 0 Å². The molecule has 2 heterocycles. The summed E-state index contributed by atoms with van der Waals surface area (Å²) < 4.78 is 5.73. The third-order valence-electron chi connectivity index (χ3n) is 4.17. The minimum absolute atomic E-state index is 0.113. The highest BCUT2D eigenvalue weighted by molar-refractivity contribution is 6.35. The molecule has 1 unspecified atom stereocenters. The first kappa shape index (κ1) is 14.4. The molecule has 1 aromatic heterocycles. The Balaban J connectivity index is 1.94. The van der Waals surface area contributed by atoms with Crippen molar-refractivity contribution < 1.29 is 14.3 Å². The number of nitrogens with zero attached hydrogens (tertiary/aromatic N) is 1. The molecule has 1 fully saturated rings. The molecule has 1 aliphatic heterocycles. The zero-order valence-corrected chi connectivity index (χ0v) is 12.7. The number of benzene rings is 1. The van der Waals surface area contributed by atoms with Crippen molar-refractivity contribution in [3.8, 4) is 0 Å². The number of carbonyl (C=O) groups excluding carboxylic acids is 1. The fourth-order valence-corrected chi connectivity index (χ4v) is 3.17. The normalized spacial score (nSPS) is 19.2. The zero-order valence-electron chi connectivity index (χ0n) is 11.9. The fourth-order valence-electron chi connectivity index (χ4n) is 2.96. The lowest BCUT2D eigenvalue weighted by atomic mass is 9.98. The number of amides is 1. The van der Waals surface area contributed by atoms with Crippen LogP contribution in [0.5, 0.6) is 0 Å². The van der Waals surface area contributed by atoms with Gasteiger partial charge in [0, 0.05) is 30.6 Å². The molecule has 4 nitrogen and oxygen atoms in total. The number of hydrogen-bond donors (Lipinski definition) is 1. The van der Waals surface area contributed by atoms with Gasteiger partial charge in [0.2, 0.25) is 0 Å². The van der Waals surface area contributed by atoms with Crippen LogP contribution in [0.15, 0.2) is 22.6 Å². The van der Waals surface area contributed by atoms with E-state index in [9.17, 15) is 9.90 Å². The van der Waals surface area contributed by atoms with Gasteiger partial charge in [0.05, 0.1) is 5.02 Å². The Bertz CT molecular complexity index is 679. The molecule has 3 rings (SSSR count). The topological polar surface area (TPSA) is 53.7 Å². The quantitative estimate of drug-likeness (QED) is 0.926. The third kappa shape index (κ3) is 2.54. The highest BCUT2D eigenvalue weighted by Crippen LogP contribution is 2.32. The summed E-state index contributed by atoms with van der Waals surface area (Å²) in [5, 5.41) is 10.7. The maximum absolute atomic E-state index is 12.7. The van der Waals surface area contributed by atoms with E-state index in [1.54, 1.807) is 11.0 Å². The molecule has 0 radical (unpaired) electrons. The maximum Gasteiger partial charge on any atom is 0.289 e. The number of halogens is 1. The van der Waals surface area contributed by atoms with Gasteiger partial charge in [-0.25, -0.2) is 0 Å². The van der Waals surface area contributed by atoms with Gasteiger partial charge >= 0.3 is 0 Å². The van der Waals surface area contributed by atoms with E-state index in [1.807, 2.05) is 19.1 Å². The van der Waals surface area contributed by atoms with Crippen LogP contribution in [0.1, 0.15) is 29.0 Å². The smallest absolute Gasteiger partial charge is 0.289 e. The van der Waals surface area contributed by atoms with E-state index in [1.165, 1.54) is 0 Å². The van der Waals surface area contributed by atoms with Crippen LogP contribution in [0.3, 0.4) is 0 Å². The molecular formula is C16H18ClNO3. The van der Waals surface area contributed by atoms with Gasteiger partial charge in [0.15, 0.2) is 11.3 Å². The summed E-state index contributed by atoms with van der Waals surface area (Å²) in [6.45, 7) is 3.29. The Morgan fingerprint density at radius 2 is 2.33 bits per heavy atom. The number of hydrogen-bond acceptors (Lipinski definition) is 3. The number of aliphatic hydroxyl groups excluding tert-OH is 1. The molecule has 1 aromatic carbocycles. The minimum Gasteiger partial charge on any atom is -0.449 e. The number of likely N-dealkylation sites (tertiary alicyclic amines) is 1. The van der Waals surface area contributed by atoms with Crippen LogP contribution in [-0.4, -0.2) is 35.6 Å². The monoisotopic (exact) mass is 307 g/mol. The predicted octanol–water partition coefficient (Wildman–Crippen LogP) is 3.24.